The predicted molar refractivity (Wildman–Crippen MR) is 65.4 cm³/mol. The SMILES string of the molecule is CNCC1CCCC1c1ccc(Cl)cc1F. The molecule has 2 rings (SSSR count). The first-order valence-corrected chi connectivity index (χ1v) is 6.19. The van der Waals surface area contributed by atoms with E-state index in [9.17, 15) is 4.39 Å². The minimum atomic E-state index is -0.152. The van der Waals surface area contributed by atoms with E-state index >= 15 is 0 Å². The summed E-state index contributed by atoms with van der Waals surface area (Å²) >= 11 is 5.77. The van der Waals surface area contributed by atoms with E-state index in [1.807, 2.05) is 13.1 Å². The summed E-state index contributed by atoms with van der Waals surface area (Å²) in [5, 5.41) is 3.67. The zero-order chi connectivity index (χ0) is 11.5. The maximum absolute atomic E-state index is 13.8. The summed E-state index contributed by atoms with van der Waals surface area (Å²) in [7, 11) is 1.95. The van der Waals surface area contributed by atoms with Crippen molar-refractivity contribution in [3.05, 3.63) is 34.6 Å². The van der Waals surface area contributed by atoms with E-state index in [2.05, 4.69) is 5.32 Å². The van der Waals surface area contributed by atoms with Crippen LogP contribution in [0.25, 0.3) is 0 Å². The van der Waals surface area contributed by atoms with Crippen molar-refractivity contribution in [2.75, 3.05) is 13.6 Å². The molecule has 16 heavy (non-hydrogen) atoms. The molecule has 0 aliphatic heterocycles. The lowest BCUT2D eigenvalue weighted by Gasteiger charge is -2.20. The molecule has 0 aromatic heterocycles. The maximum atomic E-state index is 13.8. The highest BCUT2D eigenvalue weighted by molar-refractivity contribution is 6.30. The van der Waals surface area contributed by atoms with E-state index in [4.69, 9.17) is 11.6 Å². The van der Waals surface area contributed by atoms with E-state index in [1.165, 1.54) is 18.9 Å². The van der Waals surface area contributed by atoms with Gasteiger partial charge in [0.1, 0.15) is 5.82 Å². The first-order chi connectivity index (χ1) is 7.72. The molecule has 1 saturated carbocycles. The van der Waals surface area contributed by atoms with Gasteiger partial charge in [-0.1, -0.05) is 24.1 Å². The molecule has 1 aromatic carbocycles. The molecule has 0 spiro atoms. The molecular weight excluding hydrogens is 225 g/mol. The second kappa shape index (κ2) is 5.15. The average Bonchev–Trinajstić information content (AvgIpc) is 2.67. The quantitative estimate of drug-likeness (QED) is 0.853. The molecule has 0 saturated heterocycles. The summed E-state index contributed by atoms with van der Waals surface area (Å²) in [5.74, 6) is 0.755. The van der Waals surface area contributed by atoms with Crippen molar-refractivity contribution < 1.29 is 4.39 Å². The Morgan fingerprint density at radius 2 is 2.25 bits per heavy atom. The number of nitrogens with one attached hydrogen (secondary N) is 1. The molecule has 1 nitrogen and oxygen atoms in total. The molecule has 2 unspecified atom stereocenters. The fourth-order valence-corrected chi connectivity index (χ4v) is 2.91. The summed E-state index contributed by atoms with van der Waals surface area (Å²) in [6.45, 7) is 0.965. The summed E-state index contributed by atoms with van der Waals surface area (Å²) in [6.07, 6.45) is 3.47. The smallest absolute Gasteiger partial charge is 0.128 e. The number of halogens is 2. The molecule has 1 aliphatic rings. The fourth-order valence-electron chi connectivity index (χ4n) is 2.75. The molecule has 0 radical (unpaired) electrons. The van der Waals surface area contributed by atoms with Gasteiger partial charge in [0.05, 0.1) is 0 Å². The molecule has 1 aliphatic carbocycles. The second-order valence-corrected chi connectivity index (χ2v) is 4.96. The van der Waals surface area contributed by atoms with Crippen LogP contribution in [0, 0.1) is 11.7 Å². The van der Waals surface area contributed by atoms with Crippen molar-refractivity contribution in [3.8, 4) is 0 Å². The fraction of sp³-hybridized carbons (Fsp3) is 0.538. The molecule has 0 bridgehead atoms. The minimum absolute atomic E-state index is 0.152. The lowest BCUT2D eigenvalue weighted by molar-refractivity contribution is 0.447. The molecule has 1 aromatic rings. The van der Waals surface area contributed by atoms with Gasteiger partial charge in [0, 0.05) is 5.02 Å². The minimum Gasteiger partial charge on any atom is -0.319 e. The first-order valence-electron chi connectivity index (χ1n) is 5.82. The van der Waals surface area contributed by atoms with Gasteiger partial charge in [-0.3, -0.25) is 0 Å². The van der Waals surface area contributed by atoms with Crippen molar-refractivity contribution in [2.24, 2.45) is 5.92 Å². The van der Waals surface area contributed by atoms with Crippen LogP contribution < -0.4 is 5.32 Å². The molecule has 2 atom stereocenters. The Bertz CT molecular complexity index is 367. The van der Waals surface area contributed by atoms with Crippen LogP contribution in [0.2, 0.25) is 5.02 Å². The highest BCUT2D eigenvalue weighted by atomic mass is 35.5. The van der Waals surface area contributed by atoms with Gasteiger partial charge in [-0.05, 0) is 56.0 Å². The Hall–Kier alpha value is -0.600. The van der Waals surface area contributed by atoms with Gasteiger partial charge < -0.3 is 5.32 Å². The highest BCUT2D eigenvalue weighted by Gasteiger charge is 2.29. The van der Waals surface area contributed by atoms with Crippen LogP contribution in [0.4, 0.5) is 4.39 Å². The van der Waals surface area contributed by atoms with Crippen LogP contribution >= 0.6 is 11.6 Å². The molecule has 0 heterocycles. The molecule has 0 amide bonds. The zero-order valence-electron chi connectivity index (χ0n) is 9.47. The molecule has 1 N–H and O–H groups in total. The van der Waals surface area contributed by atoms with E-state index in [0.29, 0.717) is 16.9 Å². The van der Waals surface area contributed by atoms with Crippen molar-refractivity contribution >= 4 is 11.6 Å². The lowest BCUT2D eigenvalue weighted by Crippen LogP contribution is -2.21. The van der Waals surface area contributed by atoms with Gasteiger partial charge in [-0.15, -0.1) is 0 Å². The van der Waals surface area contributed by atoms with Gasteiger partial charge in [0.25, 0.3) is 0 Å². The monoisotopic (exact) mass is 241 g/mol. The largest absolute Gasteiger partial charge is 0.319 e. The van der Waals surface area contributed by atoms with Crippen molar-refractivity contribution in [2.45, 2.75) is 25.2 Å². The van der Waals surface area contributed by atoms with Crippen molar-refractivity contribution in [1.82, 2.24) is 5.32 Å². The number of rotatable bonds is 3. The Kier molecular flexibility index (Phi) is 3.82. The lowest BCUT2D eigenvalue weighted by atomic mass is 9.88. The van der Waals surface area contributed by atoms with Gasteiger partial charge in [0.2, 0.25) is 0 Å². The number of hydrogen-bond acceptors (Lipinski definition) is 1. The maximum Gasteiger partial charge on any atom is 0.128 e. The standard InChI is InChI=1S/C13H17ClFN/c1-16-8-9-3-2-4-11(9)12-6-5-10(14)7-13(12)15/h5-7,9,11,16H,2-4,8H2,1H3. The van der Waals surface area contributed by atoms with Crippen LogP contribution in [0.5, 0.6) is 0 Å². The van der Waals surface area contributed by atoms with Gasteiger partial charge in [-0.25, -0.2) is 4.39 Å². The van der Waals surface area contributed by atoms with E-state index in [-0.39, 0.29) is 5.82 Å². The third-order valence-electron chi connectivity index (χ3n) is 3.49. The van der Waals surface area contributed by atoms with E-state index in [0.717, 1.165) is 18.5 Å². The normalized spacial score (nSPS) is 24.9. The van der Waals surface area contributed by atoms with Gasteiger partial charge in [-0.2, -0.15) is 0 Å². The van der Waals surface area contributed by atoms with E-state index in [1.54, 1.807) is 6.07 Å². The number of benzene rings is 1. The molecular formula is C13H17ClFN. The topological polar surface area (TPSA) is 12.0 Å². The van der Waals surface area contributed by atoms with Crippen LogP contribution in [0.3, 0.4) is 0 Å². The van der Waals surface area contributed by atoms with E-state index < -0.39 is 0 Å². The third kappa shape index (κ3) is 2.38. The highest BCUT2D eigenvalue weighted by Crippen LogP contribution is 2.40. The molecule has 88 valence electrons. The second-order valence-electron chi connectivity index (χ2n) is 4.52. The van der Waals surface area contributed by atoms with Gasteiger partial charge in [0.15, 0.2) is 0 Å². The van der Waals surface area contributed by atoms with Crippen LogP contribution in [0.1, 0.15) is 30.7 Å². The predicted octanol–water partition coefficient (Wildman–Crippen LogP) is 3.58. The van der Waals surface area contributed by atoms with Crippen LogP contribution in [-0.4, -0.2) is 13.6 Å². The van der Waals surface area contributed by atoms with Crippen molar-refractivity contribution in [3.63, 3.8) is 0 Å². The third-order valence-corrected chi connectivity index (χ3v) is 3.72. The van der Waals surface area contributed by atoms with Gasteiger partial charge >= 0.3 is 0 Å². The Labute approximate surface area is 101 Å². The van der Waals surface area contributed by atoms with Crippen LogP contribution in [-0.2, 0) is 0 Å². The Morgan fingerprint density at radius 1 is 1.44 bits per heavy atom. The molecule has 1 fully saturated rings. The number of hydrogen-bond donors (Lipinski definition) is 1. The molecule has 3 heteroatoms. The Morgan fingerprint density at radius 3 is 2.94 bits per heavy atom. The van der Waals surface area contributed by atoms with Crippen LogP contribution in [0.15, 0.2) is 18.2 Å². The Balaban J connectivity index is 2.22. The van der Waals surface area contributed by atoms with Crippen molar-refractivity contribution in [1.29, 1.82) is 0 Å². The average molecular weight is 242 g/mol. The summed E-state index contributed by atoms with van der Waals surface area (Å²) < 4.78 is 13.8. The zero-order valence-corrected chi connectivity index (χ0v) is 10.2. The summed E-state index contributed by atoms with van der Waals surface area (Å²) in [5.41, 5.74) is 0.835. The first kappa shape index (κ1) is 11.9. The summed E-state index contributed by atoms with van der Waals surface area (Å²) in [6, 6.07) is 5.05. The summed E-state index contributed by atoms with van der Waals surface area (Å²) in [4.78, 5) is 0.